The molecule has 0 fully saturated rings. The molecule has 3 aromatic rings. The van der Waals surface area contributed by atoms with Crippen molar-refractivity contribution < 1.29 is 24.2 Å². The van der Waals surface area contributed by atoms with E-state index in [1.807, 2.05) is 30.3 Å². The number of hydrogen-bond acceptors (Lipinski definition) is 7. The van der Waals surface area contributed by atoms with Gasteiger partial charge in [0.25, 0.3) is 5.91 Å². The van der Waals surface area contributed by atoms with Crippen molar-refractivity contribution in [2.24, 2.45) is 0 Å². The van der Waals surface area contributed by atoms with Crippen LogP contribution in [-0.4, -0.2) is 34.4 Å². The van der Waals surface area contributed by atoms with Crippen molar-refractivity contribution >= 4 is 51.8 Å². The maximum Gasteiger partial charge on any atom is 0.350 e. The zero-order valence-corrected chi connectivity index (χ0v) is 20.5. The molecule has 7 nitrogen and oxygen atoms in total. The summed E-state index contributed by atoms with van der Waals surface area (Å²) in [7, 11) is 0. The highest BCUT2D eigenvalue weighted by molar-refractivity contribution is 7.17. The number of esters is 1. The number of aryl methyl sites for hydroxylation is 1. The quantitative estimate of drug-likeness (QED) is 0.336. The van der Waals surface area contributed by atoms with E-state index in [0.717, 1.165) is 16.9 Å². The van der Waals surface area contributed by atoms with Crippen molar-refractivity contribution in [3.05, 3.63) is 98.7 Å². The molecule has 4 rings (SSSR count). The largest absolute Gasteiger partial charge is 0.503 e. The van der Waals surface area contributed by atoms with Crippen molar-refractivity contribution in [1.82, 2.24) is 4.98 Å². The average molecular weight is 509 g/mol. The van der Waals surface area contributed by atoms with Gasteiger partial charge in [-0.25, -0.2) is 9.78 Å². The van der Waals surface area contributed by atoms with Gasteiger partial charge in [0.15, 0.2) is 16.7 Å². The van der Waals surface area contributed by atoms with Crippen molar-refractivity contribution in [2.75, 3.05) is 11.5 Å². The maximum absolute atomic E-state index is 13.3. The molecule has 2 heterocycles. The molecule has 0 saturated heterocycles. The number of rotatable bonds is 7. The molecule has 1 N–H and O–H groups in total. The number of hydrogen-bond donors (Lipinski definition) is 1. The van der Waals surface area contributed by atoms with Gasteiger partial charge < -0.3 is 9.84 Å². The lowest BCUT2D eigenvalue weighted by Crippen LogP contribution is -2.30. The van der Waals surface area contributed by atoms with Gasteiger partial charge in [-0.05, 0) is 43.2 Å². The van der Waals surface area contributed by atoms with Crippen molar-refractivity contribution in [3.63, 3.8) is 0 Å². The topological polar surface area (TPSA) is 96.8 Å². The summed E-state index contributed by atoms with van der Waals surface area (Å²) in [6.07, 6.45) is 2.92. The number of allylic oxidation sites excluding steroid dienone is 1. The number of aliphatic hydroxyl groups is 1. The zero-order valence-electron chi connectivity index (χ0n) is 18.9. The molecule has 1 atom stereocenters. The number of carbonyl (C=O) groups excluding carboxylic acids is 3. The molecule has 2 aromatic carbocycles. The highest BCUT2D eigenvalue weighted by Crippen LogP contribution is 2.43. The Kier molecular flexibility index (Phi) is 7.14. The van der Waals surface area contributed by atoms with Gasteiger partial charge >= 0.3 is 5.97 Å². The van der Waals surface area contributed by atoms with Gasteiger partial charge in [0.1, 0.15) is 4.88 Å². The van der Waals surface area contributed by atoms with Gasteiger partial charge in [0.2, 0.25) is 0 Å². The first-order chi connectivity index (χ1) is 16.8. The fourth-order valence-electron chi connectivity index (χ4n) is 3.74. The number of nitrogens with zero attached hydrogens (tertiary/aromatic N) is 2. The maximum atomic E-state index is 13.3. The first kappa shape index (κ1) is 24.4. The Bertz CT molecular complexity index is 1360. The number of amides is 1. The number of benzene rings is 2. The van der Waals surface area contributed by atoms with Crippen LogP contribution in [-0.2, 0) is 14.3 Å². The molecule has 0 bridgehead atoms. The van der Waals surface area contributed by atoms with E-state index in [1.54, 1.807) is 44.2 Å². The van der Waals surface area contributed by atoms with Crippen LogP contribution in [0.5, 0.6) is 0 Å². The van der Waals surface area contributed by atoms with Gasteiger partial charge in [0.05, 0.1) is 23.9 Å². The third-order valence-electron chi connectivity index (χ3n) is 5.32. The number of thiazole rings is 1. The van der Waals surface area contributed by atoms with Gasteiger partial charge in [-0.1, -0.05) is 71.5 Å². The molecule has 0 aliphatic carbocycles. The summed E-state index contributed by atoms with van der Waals surface area (Å²) in [5, 5.41) is 11.4. The normalized spacial score (nSPS) is 15.8. The first-order valence-corrected chi connectivity index (χ1v) is 12.0. The minimum absolute atomic E-state index is 0.102. The summed E-state index contributed by atoms with van der Waals surface area (Å²) in [6, 6.07) is 14.9. The molecule has 0 spiro atoms. The number of aliphatic hydroxyl groups excluding tert-OH is 1. The van der Waals surface area contributed by atoms with E-state index in [0.29, 0.717) is 16.3 Å². The number of halogens is 1. The van der Waals surface area contributed by atoms with E-state index in [1.165, 1.54) is 11.0 Å². The summed E-state index contributed by atoms with van der Waals surface area (Å²) in [5.41, 5.74) is 1.58. The van der Waals surface area contributed by atoms with Crippen LogP contribution in [0.15, 0.2) is 72.0 Å². The number of carbonyl (C=O) groups is 3. The molecule has 178 valence electrons. The smallest absolute Gasteiger partial charge is 0.350 e. The summed E-state index contributed by atoms with van der Waals surface area (Å²) >= 11 is 7.17. The Morgan fingerprint density at radius 3 is 2.63 bits per heavy atom. The third-order valence-corrected chi connectivity index (χ3v) is 6.69. The molecular weight excluding hydrogens is 488 g/mol. The summed E-state index contributed by atoms with van der Waals surface area (Å²) in [4.78, 5) is 44.7. The highest BCUT2D eigenvalue weighted by Gasteiger charge is 2.45. The summed E-state index contributed by atoms with van der Waals surface area (Å²) in [5.74, 6) is -2.57. The zero-order chi connectivity index (χ0) is 25.1. The molecule has 1 aromatic heterocycles. The standard InChI is InChI=1S/C26H21ClN2O5S/c1-3-34-25(33)23-15(2)28-26(35-23)29-21(17-10-7-11-18(27)14-17)20(22(31)24(29)32)19(30)13-12-16-8-5-4-6-9-16/h4-14,21,31H,3H2,1-2H3. The Labute approximate surface area is 210 Å². The second-order valence-corrected chi connectivity index (χ2v) is 9.05. The molecule has 1 unspecified atom stereocenters. The average Bonchev–Trinajstić information content (AvgIpc) is 3.35. The molecule has 1 aliphatic rings. The second-order valence-electron chi connectivity index (χ2n) is 7.63. The van der Waals surface area contributed by atoms with Crippen molar-refractivity contribution in [1.29, 1.82) is 0 Å². The minimum atomic E-state index is -0.991. The van der Waals surface area contributed by atoms with Crippen LogP contribution in [0, 0.1) is 6.92 Å². The molecule has 1 aliphatic heterocycles. The molecule has 0 radical (unpaired) electrons. The number of anilines is 1. The van der Waals surface area contributed by atoms with Gasteiger partial charge in [-0.15, -0.1) is 0 Å². The molecule has 1 amide bonds. The van der Waals surface area contributed by atoms with Gasteiger partial charge in [-0.3, -0.25) is 14.5 Å². The van der Waals surface area contributed by atoms with E-state index in [2.05, 4.69) is 4.98 Å². The van der Waals surface area contributed by atoms with Crippen LogP contribution in [0.2, 0.25) is 5.02 Å². The number of ether oxygens (including phenoxy) is 1. The third kappa shape index (κ3) is 4.89. The molecular formula is C26H21ClN2O5S. The van der Waals surface area contributed by atoms with Crippen LogP contribution in [0.3, 0.4) is 0 Å². The van der Waals surface area contributed by atoms with Crippen LogP contribution < -0.4 is 4.90 Å². The fourth-order valence-corrected chi connectivity index (χ4v) is 4.93. The molecule has 0 saturated carbocycles. The minimum Gasteiger partial charge on any atom is -0.503 e. The lowest BCUT2D eigenvalue weighted by molar-refractivity contribution is -0.117. The van der Waals surface area contributed by atoms with E-state index < -0.39 is 29.5 Å². The molecule has 9 heteroatoms. The van der Waals surface area contributed by atoms with Crippen molar-refractivity contribution in [2.45, 2.75) is 19.9 Å². The Balaban J connectivity index is 1.79. The van der Waals surface area contributed by atoms with E-state index in [4.69, 9.17) is 16.3 Å². The predicted molar refractivity (Wildman–Crippen MR) is 135 cm³/mol. The Morgan fingerprint density at radius 2 is 1.94 bits per heavy atom. The van der Waals surface area contributed by atoms with Crippen LogP contribution in [0.1, 0.15) is 39.5 Å². The summed E-state index contributed by atoms with van der Waals surface area (Å²) in [6.45, 7) is 3.51. The van der Waals surface area contributed by atoms with E-state index >= 15 is 0 Å². The Hall–Kier alpha value is -3.75. The highest BCUT2D eigenvalue weighted by atomic mass is 35.5. The number of aromatic nitrogens is 1. The van der Waals surface area contributed by atoms with Gasteiger partial charge in [0, 0.05) is 5.02 Å². The van der Waals surface area contributed by atoms with Crippen LogP contribution >= 0.6 is 22.9 Å². The van der Waals surface area contributed by atoms with Crippen LogP contribution in [0.25, 0.3) is 6.08 Å². The van der Waals surface area contributed by atoms with E-state index in [-0.39, 0.29) is 22.2 Å². The van der Waals surface area contributed by atoms with Crippen LogP contribution in [0.4, 0.5) is 5.13 Å². The lowest BCUT2D eigenvalue weighted by Gasteiger charge is -2.24. The first-order valence-electron chi connectivity index (χ1n) is 10.8. The number of ketones is 1. The lowest BCUT2D eigenvalue weighted by atomic mass is 9.96. The second kappa shape index (κ2) is 10.2. The predicted octanol–water partition coefficient (Wildman–Crippen LogP) is 5.46. The van der Waals surface area contributed by atoms with Gasteiger partial charge in [-0.2, -0.15) is 0 Å². The van der Waals surface area contributed by atoms with E-state index in [9.17, 15) is 19.5 Å². The SMILES string of the molecule is CCOC(=O)c1sc(N2C(=O)C(O)=C(C(=O)C=Cc3ccccc3)C2c2cccc(Cl)c2)nc1C. The summed E-state index contributed by atoms with van der Waals surface area (Å²) < 4.78 is 5.08. The monoisotopic (exact) mass is 508 g/mol. The Morgan fingerprint density at radius 1 is 1.20 bits per heavy atom. The van der Waals surface area contributed by atoms with Crippen molar-refractivity contribution in [3.8, 4) is 0 Å². The fraction of sp³-hybridized carbons (Fsp3) is 0.154. The molecule has 35 heavy (non-hydrogen) atoms.